The Morgan fingerprint density at radius 1 is 1.07 bits per heavy atom. The van der Waals surface area contributed by atoms with Crippen molar-refractivity contribution in [1.29, 1.82) is 0 Å². The monoisotopic (exact) mass is 401 g/mol. The Kier molecular flexibility index (Phi) is 5.26. The Morgan fingerprint density at radius 2 is 1.87 bits per heavy atom. The Morgan fingerprint density at radius 3 is 2.57 bits per heavy atom. The van der Waals surface area contributed by atoms with Gasteiger partial charge in [0.05, 0.1) is 11.8 Å². The average Bonchev–Trinajstić information content (AvgIpc) is 3.19. The van der Waals surface area contributed by atoms with Gasteiger partial charge in [0.1, 0.15) is 11.6 Å². The first-order valence-electron chi connectivity index (χ1n) is 9.38. The van der Waals surface area contributed by atoms with Crippen molar-refractivity contribution in [2.24, 2.45) is 7.05 Å². The van der Waals surface area contributed by atoms with Crippen LogP contribution in [0.25, 0.3) is 22.3 Å². The molecular weight excluding hydrogens is 381 g/mol. The number of benzene rings is 2. The SMILES string of the molecule is Cn1cc(-c2cnc(N)c(-c3ccc(C(=O)NCc4ccccc4)c(F)c3)c2)cn1. The number of halogens is 1. The summed E-state index contributed by atoms with van der Waals surface area (Å²) >= 11 is 0. The maximum absolute atomic E-state index is 14.7. The van der Waals surface area contributed by atoms with Crippen LogP contribution >= 0.6 is 0 Å². The lowest BCUT2D eigenvalue weighted by Crippen LogP contribution is -2.23. The second kappa shape index (κ2) is 8.16. The molecular formula is C23H20FN5O. The third-order valence-electron chi connectivity index (χ3n) is 4.78. The van der Waals surface area contributed by atoms with Crippen LogP contribution in [0.4, 0.5) is 10.2 Å². The maximum Gasteiger partial charge on any atom is 0.254 e. The molecule has 0 radical (unpaired) electrons. The van der Waals surface area contributed by atoms with Crippen LogP contribution in [0.2, 0.25) is 0 Å². The molecule has 0 spiro atoms. The van der Waals surface area contributed by atoms with Crippen LogP contribution in [0.1, 0.15) is 15.9 Å². The largest absolute Gasteiger partial charge is 0.383 e. The van der Waals surface area contributed by atoms with Crippen molar-refractivity contribution in [1.82, 2.24) is 20.1 Å². The molecule has 30 heavy (non-hydrogen) atoms. The molecule has 2 aromatic carbocycles. The van der Waals surface area contributed by atoms with Crippen LogP contribution in [-0.2, 0) is 13.6 Å². The standard InChI is InChI=1S/C23H20FN5O/c1-29-14-18(13-28-29)17-9-20(22(25)26-12-17)16-7-8-19(21(24)10-16)23(30)27-11-15-5-3-2-4-6-15/h2-10,12-14H,11H2,1H3,(H2,25,26)(H,27,30). The molecule has 6 nitrogen and oxygen atoms in total. The van der Waals surface area contributed by atoms with E-state index >= 15 is 0 Å². The number of nitrogens with one attached hydrogen (secondary N) is 1. The molecule has 0 bridgehead atoms. The summed E-state index contributed by atoms with van der Waals surface area (Å²) in [5.74, 6) is -0.814. The highest BCUT2D eigenvalue weighted by molar-refractivity contribution is 5.95. The van der Waals surface area contributed by atoms with Crippen LogP contribution < -0.4 is 11.1 Å². The van der Waals surface area contributed by atoms with Crippen molar-refractivity contribution < 1.29 is 9.18 Å². The fraction of sp³-hybridized carbons (Fsp3) is 0.0870. The van der Waals surface area contributed by atoms with Gasteiger partial charge in [0.25, 0.3) is 5.91 Å². The number of hydrogen-bond acceptors (Lipinski definition) is 4. The Hall–Kier alpha value is -4.00. The van der Waals surface area contributed by atoms with E-state index in [2.05, 4.69) is 15.4 Å². The number of rotatable bonds is 5. The third-order valence-corrected chi connectivity index (χ3v) is 4.78. The van der Waals surface area contributed by atoms with Gasteiger partial charge in [-0.3, -0.25) is 9.48 Å². The van der Waals surface area contributed by atoms with Crippen molar-refractivity contribution >= 4 is 11.7 Å². The lowest BCUT2D eigenvalue weighted by Gasteiger charge is -2.10. The molecule has 0 fully saturated rings. The first-order valence-corrected chi connectivity index (χ1v) is 9.38. The van der Waals surface area contributed by atoms with E-state index in [9.17, 15) is 9.18 Å². The van der Waals surface area contributed by atoms with E-state index in [-0.39, 0.29) is 11.4 Å². The van der Waals surface area contributed by atoms with Crippen LogP contribution in [0, 0.1) is 5.82 Å². The second-order valence-corrected chi connectivity index (χ2v) is 6.92. The van der Waals surface area contributed by atoms with Gasteiger partial charge in [0, 0.05) is 42.7 Å². The number of pyridine rings is 1. The minimum absolute atomic E-state index is 0.0235. The molecule has 0 aliphatic rings. The van der Waals surface area contributed by atoms with E-state index < -0.39 is 11.7 Å². The quantitative estimate of drug-likeness (QED) is 0.533. The predicted octanol–water partition coefficient (Wildman–Crippen LogP) is 3.80. The highest BCUT2D eigenvalue weighted by atomic mass is 19.1. The topological polar surface area (TPSA) is 85.8 Å². The van der Waals surface area contributed by atoms with Gasteiger partial charge in [-0.15, -0.1) is 0 Å². The Balaban J connectivity index is 1.58. The molecule has 0 atom stereocenters. The summed E-state index contributed by atoms with van der Waals surface area (Å²) in [5.41, 5.74) is 9.78. The van der Waals surface area contributed by atoms with Crippen LogP contribution in [0.5, 0.6) is 0 Å². The molecule has 0 aliphatic carbocycles. The Labute approximate surface area is 173 Å². The summed E-state index contributed by atoms with van der Waals surface area (Å²) < 4.78 is 16.4. The van der Waals surface area contributed by atoms with Gasteiger partial charge in [-0.05, 0) is 29.3 Å². The highest BCUT2D eigenvalue weighted by Gasteiger charge is 2.15. The van der Waals surface area contributed by atoms with E-state index in [1.807, 2.05) is 49.6 Å². The number of nitrogens with zero attached hydrogens (tertiary/aromatic N) is 3. The molecule has 7 heteroatoms. The summed E-state index contributed by atoms with van der Waals surface area (Å²) in [6.45, 7) is 0.324. The zero-order chi connectivity index (χ0) is 21.1. The number of nitrogens with two attached hydrogens (primary N) is 1. The van der Waals surface area contributed by atoms with Gasteiger partial charge in [-0.25, -0.2) is 9.37 Å². The van der Waals surface area contributed by atoms with Gasteiger partial charge < -0.3 is 11.1 Å². The highest BCUT2D eigenvalue weighted by Crippen LogP contribution is 2.30. The lowest BCUT2D eigenvalue weighted by molar-refractivity contribution is 0.0947. The van der Waals surface area contributed by atoms with Crippen molar-refractivity contribution in [2.75, 3.05) is 5.73 Å². The number of amides is 1. The van der Waals surface area contributed by atoms with Crippen molar-refractivity contribution in [3.05, 3.63) is 90.1 Å². The molecule has 150 valence electrons. The van der Waals surface area contributed by atoms with Gasteiger partial charge in [-0.2, -0.15) is 5.10 Å². The van der Waals surface area contributed by atoms with E-state index in [1.165, 1.54) is 12.1 Å². The molecule has 2 heterocycles. The zero-order valence-electron chi connectivity index (χ0n) is 16.3. The summed E-state index contributed by atoms with van der Waals surface area (Å²) in [6, 6.07) is 15.7. The summed E-state index contributed by atoms with van der Waals surface area (Å²) in [6.07, 6.45) is 5.23. The minimum atomic E-state index is -0.621. The Bertz CT molecular complexity index is 1200. The van der Waals surface area contributed by atoms with Crippen LogP contribution in [0.15, 0.2) is 73.2 Å². The van der Waals surface area contributed by atoms with Crippen molar-refractivity contribution in [2.45, 2.75) is 6.54 Å². The van der Waals surface area contributed by atoms with Gasteiger partial charge in [0.15, 0.2) is 0 Å². The number of carbonyl (C=O) groups is 1. The smallest absolute Gasteiger partial charge is 0.254 e. The van der Waals surface area contributed by atoms with Gasteiger partial charge in [0.2, 0.25) is 0 Å². The molecule has 0 unspecified atom stereocenters. The molecule has 4 rings (SSSR count). The molecule has 4 aromatic rings. The average molecular weight is 401 g/mol. The number of hydrogen-bond donors (Lipinski definition) is 2. The molecule has 2 aromatic heterocycles. The van der Waals surface area contributed by atoms with E-state index in [0.717, 1.165) is 16.7 Å². The normalized spacial score (nSPS) is 10.7. The molecule has 3 N–H and O–H groups in total. The van der Waals surface area contributed by atoms with Crippen molar-refractivity contribution in [3.8, 4) is 22.3 Å². The minimum Gasteiger partial charge on any atom is -0.383 e. The third kappa shape index (κ3) is 4.05. The predicted molar refractivity (Wildman–Crippen MR) is 114 cm³/mol. The number of nitrogen functional groups attached to an aromatic ring is 1. The number of carbonyl (C=O) groups excluding carboxylic acids is 1. The summed E-state index contributed by atoms with van der Waals surface area (Å²) in [4.78, 5) is 16.6. The molecule has 0 aliphatic heterocycles. The molecule has 0 saturated heterocycles. The lowest BCUT2D eigenvalue weighted by atomic mass is 10.0. The van der Waals surface area contributed by atoms with Crippen LogP contribution in [0.3, 0.4) is 0 Å². The molecule has 0 saturated carbocycles. The van der Waals surface area contributed by atoms with Gasteiger partial charge >= 0.3 is 0 Å². The number of aryl methyl sites for hydroxylation is 1. The zero-order valence-corrected chi connectivity index (χ0v) is 16.3. The first-order chi connectivity index (χ1) is 14.5. The van der Waals surface area contributed by atoms with E-state index in [4.69, 9.17) is 5.73 Å². The summed E-state index contributed by atoms with van der Waals surface area (Å²) in [5, 5.41) is 6.89. The fourth-order valence-corrected chi connectivity index (χ4v) is 3.17. The summed E-state index contributed by atoms with van der Waals surface area (Å²) in [7, 11) is 1.83. The first kappa shape index (κ1) is 19.3. The van der Waals surface area contributed by atoms with Crippen molar-refractivity contribution in [3.63, 3.8) is 0 Å². The van der Waals surface area contributed by atoms with E-state index in [1.54, 1.807) is 23.1 Å². The van der Waals surface area contributed by atoms with Gasteiger partial charge in [-0.1, -0.05) is 36.4 Å². The second-order valence-electron chi connectivity index (χ2n) is 6.92. The molecule has 1 amide bonds. The van der Waals surface area contributed by atoms with Crippen LogP contribution in [-0.4, -0.2) is 20.7 Å². The number of anilines is 1. The number of aromatic nitrogens is 3. The van der Waals surface area contributed by atoms with E-state index in [0.29, 0.717) is 17.7 Å². The maximum atomic E-state index is 14.7. The fourth-order valence-electron chi connectivity index (χ4n) is 3.17.